The van der Waals surface area contributed by atoms with Crippen molar-refractivity contribution in [1.82, 2.24) is 5.43 Å². The van der Waals surface area contributed by atoms with E-state index >= 15 is 0 Å². The highest BCUT2D eigenvalue weighted by molar-refractivity contribution is 6.31. The Bertz CT molecular complexity index is 1090. The highest BCUT2D eigenvalue weighted by atomic mass is 35.5. The van der Waals surface area contributed by atoms with Gasteiger partial charge in [0.15, 0.2) is 5.78 Å². The van der Waals surface area contributed by atoms with Crippen molar-refractivity contribution in [3.63, 3.8) is 0 Å². The van der Waals surface area contributed by atoms with Gasteiger partial charge < -0.3 is 15.4 Å². The number of hydrogen-bond donors (Lipinski definition) is 4. The molecule has 5 N–H and O–H groups in total. The number of anilines is 2. The summed E-state index contributed by atoms with van der Waals surface area (Å²) in [5.41, 5.74) is 6.43. The van der Waals surface area contributed by atoms with E-state index in [1.165, 1.54) is 0 Å². The fraction of sp³-hybridized carbons (Fsp3) is 0.167. The summed E-state index contributed by atoms with van der Waals surface area (Å²) in [4.78, 5) is 22.9. The zero-order valence-electron chi connectivity index (χ0n) is 17.8. The van der Waals surface area contributed by atoms with Crippen LogP contribution in [0.25, 0.3) is 0 Å². The molecule has 0 saturated heterocycles. The number of nitrogens with one attached hydrogen (secondary N) is 3. The minimum Gasteiger partial charge on any atom is -0.497 e. The van der Waals surface area contributed by atoms with E-state index in [4.69, 9.17) is 22.2 Å². The number of ether oxygens (including phenoxy) is 1. The Labute approximate surface area is 191 Å². The summed E-state index contributed by atoms with van der Waals surface area (Å²) >= 11 is 5.93. The number of urea groups is 1. The van der Waals surface area contributed by atoms with Gasteiger partial charge in [0, 0.05) is 28.4 Å². The molecule has 0 saturated carbocycles. The van der Waals surface area contributed by atoms with Crippen molar-refractivity contribution in [3.05, 3.63) is 88.4 Å². The normalized spacial score (nSPS) is 14.2. The van der Waals surface area contributed by atoms with Gasteiger partial charge in [0.05, 0.1) is 13.2 Å². The Kier molecular flexibility index (Phi) is 7.70. The van der Waals surface area contributed by atoms with E-state index < -0.39 is 6.03 Å². The molecule has 7 nitrogen and oxygen atoms in total. The van der Waals surface area contributed by atoms with Gasteiger partial charge in [-0.2, -0.15) is 0 Å². The molecule has 3 aromatic rings. The number of halogens is 1. The lowest BCUT2D eigenvalue weighted by Crippen LogP contribution is -2.34. The van der Waals surface area contributed by atoms with Gasteiger partial charge in [-0.25, -0.2) is 10.6 Å². The number of amides is 2. The summed E-state index contributed by atoms with van der Waals surface area (Å²) in [5.74, 6) is 5.81. The molecule has 0 bridgehead atoms. The first-order valence-corrected chi connectivity index (χ1v) is 10.3. The van der Waals surface area contributed by atoms with Crippen molar-refractivity contribution in [2.24, 2.45) is 5.84 Å². The fourth-order valence-electron chi connectivity index (χ4n) is 3.25. The van der Waals surface area contributed by atoms with E-state index in [0.29, 0.717) is 17.0 Å². The van der Waals surface area contributed by atoms with Gasteiger partial charge in [0.25, 0.3) is 0 Å². The lowest BCUT2D eigenvalue weighted by Gasteiger charge is -2.26. The molecular weight excluding hydrogens is 428 g/mol. The van der Waals surface area contributed by atoms with Crippen molar-refractivity contribution in [1.29, 1.82) is 0 Å². The highest BCUT2D eigenvalue weighted by Gasteiger charge is 2.25. The van der Waals surface area contributed by atoms with E-state index in [1.807, 2.05) is 66.9 Å². The second-order valence-electron chi connectivity index (χ2n) is 7.25. The molecule has 1 aliphatic rings. The van der Waals surface area contributed by atoms with Crippen LogP contribution < -0.4 is 26.6 Å². The quantitative estimate of drug-likeness (QED) is 0.252. The molecule has 2 amide bonds. The summed E-state index contributed by atoms with van der Waals surface area (Å²) in [5, 5.41) is 6.52. The average molecular weight is 453 g/mol. The number of nitrogens with two attached hydrogens (primary N) is 1. The smallest absolute Gasteiger partial charge is 0.333 e. The molecule has 8 heteroatoms. The minimum atomic E-state index is -0.418. The first-order valence-electron chi connectivity index (χ1n) is 9.97. The maximum Gasteiger partial charge on any atom is 0.333 e. The Morgan fingerprint density at radius 3 is 2.41 bits per heavy atom. The van der Waals surface area contributed by atoms with Gasteiger partial charge >= 0.3 is 6.03 Å². The predicted octanol–water partition coefficient (Wildman–Crippen LogP) is 5.08. The second kappa shape index (κ2) is 10.7. The third-order valence-corrected chi connectivity index (χ3v) is 5.20. The van der Waals surface area contributed by atoms with Crippen LogP contribution >= 0.6 is 11.6 Å². The van der Waals surface area contributed by atoms with E-state index in [0.717, 1.165) is 28.3 Å². The van der Waals surface area contributed by atoms with E-state index in [2.05, 4.69) is 10.6 Å². The minimum absolute atomic E-state index is 0.0120. The lowest BCUT2D eigenvalue weighted by molar-refractivity contribution is 0.0972. The zero-order valence-corrected chi connectivity index (χ0v) is 18.6. The van der Waals surface area contributed by atoms with Crippen LogP contribution in [0, 0.1) is 6.92 Å². The van der Waals surface area contributed by atoms with Gasteiger partial charge in [-0.3, -0.25) is 10.2 Å². The molecule has 0 aromatic heterocycles. The SMILES string of the molecule is COc1ccc(C2CC(=O)c3cc(Cl)ccc3N2)cc1.Cc1ccc(NC(=O)NN)cc1. The van der Waals surface area contributed by atoms with Gasteiger partial charge in [0.1, 0.15) is 5.75 Å². The van der Waals surface area contributed by atoms with Gasteiger partial charge in [0.2, 0.25) is 0 Å². The molecule has 32 heavy (non-hydrogen) atoms. The van der Waals surface area contributed by atoms with E-state index in [1.54, 1.807) is 19.2 Å². The molecule has 0 radical (unpaired) electrons. The molecule has 1 atom stereocenters. The number of aryl methyl sites for hydroxylation is 1. The maximum absolute atomic E-state index is 12.2. The van der Waals surface area contributed by atoms with Crippen LogP contribution in [0.3, 0.4) is 0 Å². The van der Waals surface area contributed by atoms with Crippen molar-refractivity contribution < 1.29 is 14.3 Å². The standard InChI is InChI=1S/C16H14ClNO2.C8H11N3O/c1-20-12-5-2-10(3-6-12)15-9-16(19)13-8-11(17)4-7-14(13)18-15;1-6-2-4-7(5-3-6)10-8(12)11-9/h2-8,15,18H,9H2,1H3;2-5H,9H2,1H3,(H2,10,11,12). The number of hydrogen-bond acceptors (Lipinski definition) is 5. The molecule has 3 aromatic carbocycles. The Morgan fingerprint density at radius 1 is 1.09 bits per heavy atom. The molecule has 4 rings (SSSR count). The zero-order chi connectivity index (χ0) is 23.1. The van der Waals surface area contributed by atoms with Crippen LogP contribution in [-0.4, -0.2) is 18.9 Å². The third-order valence-electron chi connectivity index (χ3n) is 4.96. The first kappa shape index (κ1) is 23.1. The number of carbonyl (C=O) groups excluding carboxylic acids is 2. The predicted molar refractivity (Wildman–Crippen MR) is 127 cm³/mol. The molecule has 1 heterocycles. The average Bonchev–Trinajstić information content (AvgIpc) is 2.81. The van der Waals surface area contributed by atoms with Crippen LogP contribution in [0.1, 0.15) is 33.9 Å². The lowest BCUT2D eigenvalue weighted by atomic mass is 9.92. The number of hydrazine groups is 1. The Hall–Kier alpha value is -3.55. The molecule has 1 unspecified atom stereocenters. The first-order chi connectivity index (χ1) is 15.4. The van der Waals surface area contributed by atoms with Gasteiger partial charge in [-0.1, -0.05) is 41.4 Å². The number of Topliss-reactive ketones (excluding diaryl/α,β-unsaturated/α-hetero) is 1. The Morgan fingerprint density at radius 2 is 1.78 bits per heavy atom. The third kappa shape index (κ3) is 6.00. The number of methoxy groups -OCH3 is 1. The topological polar surface area (TPSA) is 105 Å². The van der Waals surface area contributed by atoms with Crippen molar-refractivity contribution >= 4 is 34.8 Å². The van der Waals surface area contributed by atoms with E-state index in [9.17, 15) is 9.59 Å². The van der Waals surface area contributed by atoms with Crippen LogP contribution in [0.4, 0.5) is 16.2 Å². The van der Waals surface area contributed by atoms with Crippen LogP contribution in [0.15, 0.2) is 66.7 Å². The molecule has 0 aliphatic carbocycles. The van der Waals surface area contributed by atoms with Crippen LogP contribution in [0.2, 0.25) is 5.02 Å². The summed E-state index contributed by atoms with van der Waals surface area (Å²) < 4.78 is 5.15. The summed E-state index contributed by atoms with van der Waals surface area (Å²) in [6.45, 7) is 1.98. The summed E-state index contributed by atoms with van der Waals surface area (Å²) in [6, 6.07) is 20.1. The number of fused-ring (bicyclic) bond motifs is 1. The highest BCUT2D eigenvalue weighted by Crippen LogP contribution is 2.34. The number of rotatable bonds is 3. The van der Waals surface area contributed by atoms with Crippen molar-refractivity contribution in [2.75, 3.05) is 17.7 Å². The van der Waals surface area contributed by atoms with Crippen molar-refractivity contribution in [3.8, 4) is 5.75 Å². The number of ketones is 1. The van der Waals surface area contributed by atoms with Crippen LogP contribution in [-0.2, 0) is 0 Å². The van der Waals surface area contributed by atoms with Gasteiger partial charge in [-0.05, 0) is 55.0 Å². The number of carbonyl (C=O) groups is 2. The van der Waals surface area contributed by atoms with Crippen LogP contribution in [0.5, 0.6) is 5.75 Å². The molecule has 0 fully saturated rings. The Balaban J connectivity index is 0.000000207. The van der Waals surface area contributed by atoms with Crippen molar-refractivity contribution in [2.45, 2.75) is 19.4 Å². The monoisotopic (exact) mass is 452 g/mol. The molecule has 166 valence electrons. The second-order valence-corrected chi connectivity index (χ2v) is 7.69. The summed E-state index contributed by atoms with van der Waals surface area (Å²) in [7, 11) is 1.64. The van der Waals surface area contributed by atoms with Gasteiger partial charge in [-0.15, -0.1) is 0 Å². The maximum atomic E-state index is 12.2. The number of benzene rings is 3. The molecule has 0 spiro atoms. The molecular formula is C24H25ClN4O3. The summed E-state index contributed by atoms with van der Waals surface area (Å²) in [6.07, 6.45) is 0.430. The largest absolute Gasteiger partial charge is 0.497 e. The molecule has 1 aliphatic heterocycles. The van der Waals surface area contributed by atoms with E-state index in [-0.39, 0.29) is 11.8 Å². The fourth-order valence-corrected chi connectivity index (χ4v) is 3.42.